The number of hydrogen-bond donors (Lipinski definition) is 1. The van der Waals surface area contributed by atoms with Crippen molar-refractivity contribution in [2.75, 3.05) is 24.6 Å². The molecular formula is C6H13ClN2S2. The lowest BCUT2D eigenvalue weighted by Crippen LogP contribution is -2.31. The average molecular weight is 213 g/mol. The smallest absolute Gasteiger partial charge is 0.0764 e. The maximum atomic E-state index is 5.70. The first-order chi connectivity index (χ1) is 4.81. The third-order valence-electron chi connectivity index (χ3n) is 2.04. The van der Waals surface area contributed by atoms with E-state index < -0.39 is 0 Å². The molecule has 1 spiro atoms. The minimum absolute atomic E-state index is 0. The van der Waals surface area contributed by atoms with Crippen LogP contribution in [0.25, 0.3) is 0 Å². The van der Waals surface area contributed by atoms with Crippen molar-refractivity contribution >= 4 is 35.9 Å². The molecule has 0 atom stereocenters. The maximum absolute atomic E-state index is 5.70. The van der Waals surface area contributed by atoms with E-state index in [9.17, 15) is 0 Å². The molecule has 66 valence electrons. The van der Waals surface area contributed by atoms with Crippen molar-refractivity contribution in [2.24, 2.45) is 5.84 Å². The Labute approximate surface area is 82.0 Å². The highest BCUT2D eigenvalue weighted by Crippen LogP contribution is 2.48. The van der Waals surface area contributed by atoms with Crippen molar-refractivity contribution in [1.82, 2.24) is 5.01 Å². The van der Waals surface area contributed by atoms with Crippen LogP contribution in [0.5, 0.6) is 0 Å². The fourth-order valence-electron chi connectivity index (χ4n) is 1.51. The highest BCUT2D eigenvalue weighted by atomic mass is 35.5. The third-order valence-corrected chi connectivity index (χ3v) is 5.54. The zero-order valence-corrected chi connectivity index (χ0v) is 8.73. The molecule has 0 aliphatic carbocycles. The molecule has 2 aliphatic rings. The van der Waals surface area contributed by atoms with Gasteiger partial charge in [-0.2, -0.15) is 0 Å². The molecule has 2 aliphatic heterocycles. The van der Waals surface area contributed by atoms with Crippen LogP contribution in [-0.2, 0) is 0 Å². The van der Waals surface area contributed by atoms with E-state index in [1.165, 1.54) is 17.9 Å². The molecular weight excluding hydrogens is 200 g/mol. The van der Waals surface area contributed by atoms with Gasteiger partial charge in [-0.05, 0) is 6.42 Å². The van der Waals surface area contributed by atoms with Crippen molar-refractivity contribution in [2.45, 2.75) is 10.5 Å². The summed E-state index contributed by atoms with van der Waals surface area (Å²) < 4.78 is 0.495. The Morgan fingerprint density at radius 2 is 1.91 bits per heavy atom. The fraction of sp³-hybridized carbons (Fsp3) is 1.00. The van der Waals surface area contributed by atoms with Crippen molar-refractivity contribution in [3.05, 3.63) is 0 Å². The van der Waals surface area contributed by atoms with E-state index >= 15 is 0 Å². The second-order valence-electron chi connectivity index (χ2n) is 2.83. The number of hydrazine groups is 1. The summed E-state index contributed by atoms with van der Waals surface area (Å²) in [5, 5.41) is 1.95. The van der Waals surface area contributed by atoms with E-state index in [1.807, 2.05) is 5.01 Å². The predicted molar refractivity (Wildman–Crippen MR) is 55.3 cm³/mol. The summed E-state index contributed by atoms with van der Waals surface area (Å²) in [6, 6.07) is 0. The molecule has 2 N–H and O–H groups in total. The first-order valence-electron chi connectivity index (χ1n) is 3.58. The monoisotopic (exact) mass is 212 g/mol. The van der Waals surface area contributed by atoms with Gasteiger partial charge in [-0.3, -0.25) is 5.84 Å². The number of nitrogens with two attached hydrogens (primary N) is 1. The lowest BCUT2D eigenvalue weighted by atomic mass is 10.4. The Morgan fingerprint density at radius 1 is 1.27 bits per heavy atom. The van der Waals surface area contributed by atoms with Gasteiger partial charge in [0.25, 0.3) is 0 Å². The Morgan fingerprint density at radius 3 is 2.36 bits per heavy atom. The van der Waals surface area contributed by atoms with E-state index in [4.69, 9.17) is 5.84 Å². The third kappa shape index (κ3) is 1.98. The number of rotatable bonds is 0. The van der Waals surface area contributed by atoms with Crippen LogP contribution in [-0.4, -0.2) is 33.7 Å². The zero-order valence-electron chi connectivity index (χ0n) is 6.28. The second kappa shape index (κ2) is 3.75. The van der Waals surface area contributed by atoms with Crippen molar-refractivity contribution in [3.63, 3.8) is 0 Å². The molecule has 2 heterocycles. The van der Waals surface area contributed by atoms with E-state index in [0.717, 1.165) is 13.1 Å². The van der Waals surface area contributed by atoms with Gasteiger partial charge in [-0.1, -0.05) is 0 Å². The number of halogens is 1. The van der Waals surface area contributed by atoms with Gasteiger partial charge in [0.15, 0.2) is 0 Å². The number of nitrogens with zero attached hydrogens (tertiary/aromatic N) is 1. The Balaban J connectivity index is 0.000000605. The van der Waals surface area contributed by atoms with E-state index in [0.29, 0.717) is 4.08 Å². The highest BCUT2D eigenvalue weighted by Gasteiger charge is 2.40. The molecule has 2 saturated heterocycles. The minimum Gasteiger partial charge on any atom is -0.269 e. The van der Waals surface area contributed by atoms with Gasteiger partial charge in [0.05, 0.1) is 4.08 Å². The molecule has 2 rings (SSSR count). The van der Waals surface area contributed by atoms with Crippen molar-refractivity contribution in [3.8, 4) is 0 Å². The van der Waals surface area contributed by atoms with Gasteiger partial charge in [0, 0.05) is 24.6 Å². The lowest BCUT2D eigenvalue weighted by Gasteiger charge is -2.19. The van der Waals surface area contributed by atoms with E-state index in [1.54, 1.807) is 0 Å². The molecule has 0 aromatic heterocycles. The first-order valence-corrected chi connectivity index (χ1v) is 5.55. The largest absolute Gasteiger partial charge is 0.269 e. The Hall–Kier alpha value is 0.910. The number of hydrogen-bond acceptors (Lipinski definition) is 4. The summed E-state index contributed by atoms with van der Waals surface area (Å²) >= 11 is 4.19. The molecule has 5 heteroatoms. The molecule has 0 bridgehead atoms. The molecule has 0 saturated carbocycles. The summed E-state index contributed by atoms with van der Waals surface area (Å²) in [7, 11) is 0. The fourth-order valence-corrected chi connectivity index (χ4v) is 4.74. The molecule has 0 aromatic carbocycles. The molecule has 2 nitrogen and oxygen atoms in total. The normalized spacial score (nSPS) is 29.2. The highest BCUT2D eigenvalue weighted by molar-refractivity contribution is 8.21. The van der Waals surface area contributed by atoms with Crippen LogP contribution in [0.4, 0.5) is 0 Å². The van der Waals surface area contributed by atoms with Gasteiger partial charge >= 0.3 is 0 Å². The van der Waals surface area contributed by atoms with Gasteiger partial charge in [-0.25, -0.2) is 5.01 Å². The summed E-state index contributed by atoms with van der Waals surface area (Å²) in [6.45, 7) is 2.17. The van der Waals surface area contributed by atoms with Gasteiger partial charge in [0.1, 0.15) is 0 Å². The summed E-state index contributed by atoms with van der Waals surface area (Å²) in [4.78, 5) is 0. The van der Waals surface area contributed by atoms with Crippen LogP contribution < -0.4 is 5.84 Å². The molecule has 11 heavy (non-hydrogen) atoms. The van der Waals surface area contributed by atoms with Crippen LogP contribution >= 0.6 is 35.9 Å². The van der Waals surface area contributed by atoms with Crippen LogP contribution in [0.15, 0.2) is 0 Å². The van der Waals surface area contributed by atoms with Crippen LogP contribution in [0, 0.1) is 0 Å². The molecule has 0 aromatic rings. The second-order valence-corrected chi connectivity index (χ2v) is 6.04. The predicted octanol–water partition coefficient (Wildman–Crippen LogP) is 1.16. The summed E-state index contributed by atoms with van der Waals surface area (Å²) in [5.41, 5.74) is 0. The van der Waals surface area contributed by atoms with Gasteiger partial charge < -0.3 is 0 Å². The summed E-state index contributed by atoms with van der Waals surface area (Å²) in [6.07, 6.45) is 1.28. The first kappa shape index (κ1) is 9.99. The molecule has 2 fully saturated rings. The quantitative estimate of drug-likeness (QED) is 0.611. The topological polar surface area (TPSA) is 29.3 Å². The van der Waals surface area contributed by atoms with Gasteiger partial charge in [-0.15, -0.1) is 35.9 Å². The number of thioether (sulfide) groups is 2. The van der Waals surface area contributed by atoms with Crippen molar-refractivity contribution < 1.29 is 0 Å². The van der Waals surface area contributed by atoms with E-state index in [-0.39, 0.29) is 12.4 Å². The lowest BCUT2D eigenvalue weighted by molar-refractivity contribution is 0.354. The standard InChI is InChI=1S/C6H12N2S2.ClH/c7-8-2-1-6(5-8)9-3-4-10-6;/h1-5,7H2;1H. The van der Waals surface area contributed by atoms with Crippen molar-refractivity contribution in [1.29, 1.82) is 0 Å². The zero-order chi connectivity index (χ0) is 7.03. The Bertz CT molecular complexity index is 139. The van der Waals surface area contributed by atoms with Crippen LogP contribution in [0.1, 0.15) is 6.42 Å². The van der Waals surface area contributed by atoms with E-state index in [2.05, 4.69) is 23.5 Å². The maximum Gasteiger partial charge on any atom is 0.0764 e. The molecule has 0 amide bonds. The van der Waals surface area contributed by atoms with Gasteiger partial charge in [0.2, 0.25) is 0 Å². The minimum atomic E-state index is 0. The van der Waals surface area contributed by atoms with Crippen LogP contribution in [0.2, 0.25) is 0 Å². The van der Waals surface area contributed by atoms with Crippen LogP contribution in [0.3, 0.4) is 0 Å². The Kier molecular flexibility index (Phi) is 3.40. The molecule has 0 unspecified atom stereocenters. The SMILES string of the molecule is Cl.NN1CCC2(C1)SCCS2. The molecule has 0 radical (unpaired) electrons. The summed E-state index contributed by atoms with van der Waals surface area (Å²) in [5.74, 6) is 8.33. The average Bonchev–Trinajstić information content (AvgIpc) is 2.46.